The van der Waals surface area contributed by atoms with Crippen molar-refractivity contribution in [1.29, 1.82) is 0 Å². The Kier molecular flexibility index (Phi) is 4.43. The molecule has 0 spiro atoms. The fourth-order valence-electron chi connectivity index (χ4n) is 1.13. The summed E-state index contributed by atoms with van der Waals surface area (Å²) in [7, 11) is 1.64. The van der Waals surface area contributed by atoms with E-state index >= 15 is 0 Å². The lowest BCUT2D eigenvalue weighted by Gasteiger charge is -2.14. The monoisotopic (exact) mass is 195 g/mol. The van der Waals surface area contributed by atoms with Gasteiger partial charge in [0, 0.05) is 13.7 Å². The van der Waals surface area contributed by atoms with Crippen molar-refractivity contribution < 1.29 is 9.47 Å². The quantitative estimate of drug-likeness (QED) is 0.771. The van der Waals surface area contributed by atoms with Crippen molar-refractivity contribution in [3.63, 3.8) is 0 Å². The molecule has 2 N–H and O–H groups in total. The first-order valence-corrected chi connectivity index (χ1v) is 4.68. The molecule has 0 bridgehead atoms. The minimum Gasteiger partial charge on any atom is -0.491 e. The van der Waals surface area contributed by atoms with Crippen molar-refractivity contribution in [3.05, 3.63) is 29.8 Å². The van der Waals surface area contributed by atoms with E-state index in [1.54, 1.807) is 7.11 Å². The summed E-state index contributed by atoms with van der Waals surface area (Å²) in [6, 6.07) is 7.91. The highest BCUT2D eigenvalue weighted by Crippen LogP contribution is 2.12. The normalized spacial score (nSPS) is 12.5. The highest BCUT2D eigenvalue weighted by molar-refractivity contribution is 5.27. The van der Waals surface area contributed by atoms with E-state index < -0.39 is 0 Å². The van der Waals surface area contributed by atoms with Crippen LogP contribution in [0.2, 0.25) is 0 Å². The molecule has 0 fully saturated rings. The maximum Gasteiger partial charge on any atom is 0.119 e. The van der Waals surface area contributed by atoms with E-state index in [0.29, 0.717) is 13.2 Å². The Morgan fingerprint density at radius 2 is 2.21 bits per heavy atom. The Hall–Kier alpha value is -1.06. The summed E-state index contributed by atoms with van der Waals surface area (Å²) in [5, 5.41) is 0. The molecule has 0 aromatic heterocycles. The van der Waals surface area contributed by atoms with Gasteiger partial charge in [-0.3, -0.25) is 0 Å². The number of nitrogens with two attached hydrogens (primary N) is 1. The number of benzene rings is 1. The molecular weight excluding hydrogens is 178 g/mol. The zero-order chi connectivity index (χ0) is 10.4. The van der Waals surface area contributed by atoms with Gasteiger partial charge in [-0.25, -0.2) is 0 Å². The number of rotatable bonds is 5. The predicted molar refractivity (Wildman–Crippen MR) is 56.5 cm³/mol. The highest BCUT2D eigenvalue weighted by atomic mass is 16.5. The van der Waals surface area contributed by atoms with E-state index in [1.807, 2.05) is 31.2 Å². The maximum absolute atomic E-state index is 5.53. The molecule has 1 atom stereocenters. The van der Waals surface area contributed by atoms with Gasteiger partial charge in [0.1, 0.15) is 18.5 Å². The topological polar surface area (TPSA) is 44.5 Å². The van der Waals surface area contributed by atoms with Gasteiger partial charge in [0.15, 0.2) is 0 Å². The third kappa shape index (κ3) is 3.36. The molecule has 0 saturated heterocycles. The van der Waals surface area contributed by atoms with Crippen LogP contribution >= 0.6 is 0 Å². The summed E-state index contributed by atoms with van der Waals surface area (Å²) in [4.78, 5) is 0. The molecule has 1 aromatic rings. The van der Waals surface area contributed by atoms with Crippen molar-refractivity contribution in [2.45, 2.75) is 13.0 Å². The Bertz CT molecular complexity index is 272. The van der Waals surface area contributed by atoms with E-state index in [1.165, 1.54) is 5.56 Å². The lowest BCUT2D eigenvalue weighted by molar-refractivity contribution is 0.0643. The molecule has 78 valence electrons. The number of aryl methyl sites for hydroxylation is 1. The second kappa shape index (κ2) is 5.62. The first-order valence-electron chi connectivity index (χ1n) is 4.68. The number of methoxy groups -OCH3 is 1. The van der Waals surface area contributed by atoms with Crippen LogP contribution in [0.25, 0.3) is 0 Å². The van der Waals surface area contributed by atoms with Gasteiger partial charge in [-0.15, -0.1) is 0 Å². The molecule has 0 amide bonds. The van der Waals surface area contributed by atoms with Crippen molar-refractivity contribution in [2.24, 2.45) is 5.73 Å². The molecule has 1 aromatic carbocycles. The molecule has 3 heteroatoms. The average Bonchev–Trinajstić information content (AvgIpc) is 2.19. The van der Waals surface area contributed by atoms with Gasteiger partial charge in [-0.05, 0) is 24.6 Å². The average molecular weight is 195 g/mol. The van der Waals surface area contributed by atoms with Gasteiger partial charge >= 0.3 is 0 Å². The largest absolute Gasteiger partial charge is 0.491 e. The second-order valence-electron chi connectivity index (χ2n) is 3.22. The van der Waals surface area contributed by atoms with Gasteiger partial charge in [0.05, 0.1) is 0 Å². The number of hydrogen-bond acceptors (Lipinski definition) is 3. The van der Waals surface area contributed by atoms with E-state index in [-0.39, 0.29) is 6.10 Å². The Morgan fingerprint density at radius 3 is 2.79 bits per heavy atom. The third-order valence-electron chi connectivity index (χ3n) is 2.02. The SMILES string of the molecule is CO[C@H](CN)COc1cccc(C)c1. The molecular formula is C11H17NO2. The van der Waals surface area contributed by atoms with Crippen molar-refractivity contribution >= 4 is 0 Å². The van der Waals surface area contributed by atoms with Crippen molar-refractivity contribution in [1.82, 2.24) is 0 Å². The minimum absolute atomic E-state index is 0.0319. The van der Waals surface area contributed by atoms with E-state index in [9.17, 15) is 0 Å². The molecule has 0 aliphatic carbocycles. The van der Waals surface area contributed by atoms with Gasteiger partial charge < -0.3 is 15.2 Å². The standard InChI is InChI=1S/C11H17NO2/c1-9-4-3-5-10(6-9)14-8-11(7-12)13-2/h3-6,11H,7-8,12H2,1-2H3/t11-/m1/s1. The smallest absolute Gasteiger partial charge is 0.119 e. The van der Waals surface area contributed by atoms with E-state index in [2.05, 4.69) is 0 Å². The summed E-state index contributed by atoms with van der Waals surface area (Å²) < 4.78 is 10.6. The molecule has 0 radical (unpaired) electrons. The van der Waals surface area contributed by atoms with Gasteiger partial charge in [-0.2, -0.15) is 0 Å². The van der Waals surface area contributed by atoms with E-state index in [4.69, 9.17) is 15.2 Å². The van der Waals surface area contributed by atoms with Crippen LogP contribution in [0.5, 0.6) is 5.75 Å². The van der Waals surface area contributed by atoms with Crippen LogP contribution in [0.15, 0.2) is 24.3 Å². The Morgan fingerprint density at radius 1 is 1.43 bits per heavy atom. The summed E-state index contributed by atoms with van der Waals surface area (Å²) in [6.45, 7) is 3.00. The molecule has 0 saturated carbocycles. The van der Waals surface area contributed by atoms with Gasteiger partial charge in [0.2, 0.25) is 0 Å². The van der Waals surface area contributed by atoms with Crippen LogP contribution in [-0.4, -0.2) is 26.4 Å². The second-order valence-corrected chi connectivity index (χ2v) is 3.22. The lowest BCUT2D eigenvalue weighted by atomic mass is 10.2. The summed E-state index contributed by atoms with van der Waals surface area (Å²) in [5.74, 6) is 0.862. The maximum atomic E-state index is 5.53. The lowest BCUT2D eigenvalue weighted by Crippen LogP contribution is -2.28. The first kappa shape index (κ1) is 11.0. The van der Waals surface area contributed by atoms with Crippen LogP contribution < -0.4 is 10.5 Å². The minimum atomic E-state index is -0.0319. The molecule has 3 nitrogen and oxygen atoms in total. The van der Waals surface area contributed by atoms with Gasteiger partial charge in [-0.1, -0.05) is 12.1 Å². The summed E-state index contributed by atoms with van der Waals surface area (Å²) in [6.07, 6.45) is -0.0319. The number of hydrogen-bond donors (Lipinski definition) is 1. The van der Waals surface area contributed by atoms with E-state index in [0.717, 1.165) is 5.75 Å². The highest BCUT2D eigenvalue weighted by Gasteiger charge is 2.04. The van der Waals surface area contributed by atoms with Crippen LogP contribution in [-0.2, 0) is 4.74 Å². The molecule has 0 unspecified atom stereocenters. The fourth-order valence-corrected chi connectivity index (χ4v) is 1.13. The van der Waals surface area contributed by atoms with Crippen LogP contribution in [0.4, 0.5) is 0 Å². The van der Waals surface area contributed by atoms with Crippen LogP contribution in [0.3, 0.4) is 0 Å². The van der Waals surface area contributed by atoms with Crippen LogP contribution in [0.1, 0.15) is 5.56 Å². The summed E-state index contributed by atoms with van der Waals surface area (Å²) in [5.41, 5.74) is 6.66. The molecule has 0 aliphatic rings. The number of ether oxygens (including phenoxy) is 2. The Labute approximate surface area is 84.8 Å². The van der Waals surface area contributed by atoms with Gasteiger partial charge in [0.25, 0.3) is 0 Å². The summed E-state index contributed by atoms with van der Waals surface area (Å²) >= 11 is 0. The van der Waals surface area contributed by atoms with Crippen molar-refractivity contribution in [3.8, 4) is 5.75 Å². The molecule has 14 heavy (non-hydrogen) atoms. The predicted octanol–water partition coefficient (Wildman–Crippen LogP) is 1.35. The zero-order valence-corrected chi connectivity index (χ0v) is 8.69. The zero-order valence-electron chi connectivity index (χ0n) is 8.69. The third-order valence-corrected chi connectivity index (χ3v) is 2.02. The van der Waals surface area contributed by atoms with Crippen LogP contribution in [0, 0.1) is 6.92 Å². The Balaban J connectivity index is 2.44. The first-order chi connectivity index (χ1) is 6.76. The fraction of sp³-hybridized carbons (Fsp3) is 0.455. The molecule has 0 heterocycles. The molecule has 1 rings (SSSR count). The molecule has 0 aliphatic heterocycles. The van der Waals surface area contributed by atoms with Crippen molar-refractivity contribution in [2.75, 3.05) is 20.3 Å².